The van der Waals surface area contributed by atoms with Crippen LogP contribution in [0.5, 0.6) is 0 Å². The number of sulfonamides is 1. The van der Waals surface area contributed by atoms with Gasteiger partial charge in [-0.05, 0) is 12.8 Å². The first-order valence-electron chi connectivity index (χ1n) is 5.89. The number of aliphatic hydroxyl groups is 1. The zero-order valence-corrected chi connectivity index (χ0v) is 11.7. The molecule has 0 spiro atoms. The van der Waals surface area contributed by atoms with Gasteiger partial charge in [0.25, 0.3) is 10.0 Å². The number of nitrogens with two attached hydrogens (primary N) is 1. The van der Waals surface area contributed by atoms with E-state index in [0.29, 0.717) is 17.9 Å². The summed E-state index contributed by atoms with van der Waals surface area (Å²) in [6.45, 7) is 0.231. The maximum atomic E-state index is 12.7. The molecule has 3 rings (SSSR count). The molecule has 1 aliphatic rings. The Morgan fingerprint density at radius 2 is 2.37 bits per heavy atom. The Kier molecular flexibility index (Phi) is 3.01. The Balaban J connectivity index is 2.14. The Morgan fingerprint density at radius 3 is 3.11 bits per heavy atom. The van der Waals surface area contributed by atoms with E-state index < -0.39 is 10.0 Å². The smallest absolute Gasteiger partial charge is 0.263 e. The van der Waals surface area contributed by atoms with Gasteiger partial charge >= 0.3 is 0 Å². The molecule has 1 saturated heterocycles. The number of aromatic nitrogens is 2. The molecule has 0 radical (unpaired) electrons. The summed E-state index contributed by atoms with van der Waals surface area (Å²) in [5.74, 6) is 0.00967. The first-order valence-corrected chi connectivity index (χ1v) is 8.21. The van der Waals surface area contributed by atoms with Crippen LogP contribution in [0, 0.1) is 0 Å². The normalized spacial score (nSPS) is 21.4. The van der Waals surface area contributed by atoms with E-state index in [1.54, 1.807) is 11.6 Å². The minimum atomic E-state index is -3.73. The Hall–Kier alpha value is -1.16. The fourth-order valence-corrected chi connectivity index (χ4v) is 5.10. The Morgan fingerprint density at radius 1 is 1.58 bits per heavy atom. The lowest BCUT2D eigenvalue weighted by molar-refractivity contribution is 0.213. The molecule has 19 heavy (non-hydrogen) atoms. The number of thiazole rings is 1. The molecule has 2 aromatic heterocycles. The summed E-state index contributed by atoms with van der Waals surface area (Å²) in [6.07, 6.45) is 3.05. The van der Waals surface area contributed by atoms with Crippen molar-refractivity contribution in [3.63, 3.8) is 0 Å². The second kappa shape index (κ2) is 4.44. The average molecular weight is 302 g/mol. The minimum absolute atomic E-state index is 0.00380. The van der Waals surface area contributed by atoms with Crippen molar-refractivity contribution in [1.29, 1.82) is 0 Å². The van der Waals surface area contributed by atoms with Crippen molar-refractivity contribution < 1.29 is 13.5 Å². The summed E-state index contributed by atoms with van der Waals surface area (Å²) in [5, 5.41) is 11.0. The Labute approximate surface area is 114 Å². The molecule has 1 fully saturated rings. The third-order valence-electron chi connectivity index (χ3n) is 3.33. The minimum Gasteiger partial charge on any atom is -0.395 e. The average Bonchev–Trinajstić information content (AvgIpc) is 3.01. The first-order chi connectivity index (χ1) is 9.05. The molecule has 0 aliphatic carbocycles. The number of hydrogen-bond donors (Lipinski definition) is 2. The molecular formula is C10H14N4O3S2. The van der Waals surface area contributed by atoms with Gasteiger partial charge in [-0.25, -0.2) is 13.4 Å². The van der Waals surface area contributed by atoms with E-state index in [4.69, 9.17) is 5.73 Å². The molecule has 0 amide bonds. The van der Waals surface area contributed by atoms with E-state index in [9.17, 15) is 13.5 Å². The van der Waals surface area contributed by atoms with Gasteiger partial charge < -0.3 is 10.8 Å². The summed E-state index contributed by atoms with van der Waals surface area (Å²) >= 11 is 1.33. The van der Waals surface area contributed by atoms with Crippen molar-refractivity contribution in [3.05, 3.63) is 11.6 Å². The molecule has 104 valence electrons. The van der Waals surface area contributed by atoms with Crippen LogP contribution in [0.1, 0.15) is 12.8 Å². The monoisotopic (exact) mass is 302 g/mol. The molecule has 9 heteroatoms. The molecule has 2 aromatic rings. The van der Waals surface area contributed by atoms with Crippen LogP contribution in [0.2, 0.25) is 0 Å². The fraction of sp³-hybridized carbons (Fsp3) is 0.500. The molecule has 0 saturated carbocycles. The highest BCUT2D eigenvalue weighted by Gasteiger charge is 2.38. The number of nitrogens with zero attached hydrogens (tertiary/aromatic N) is 3. The summed E-state index contributed by atoms with van der Waals surface area (Å²) in [5.41, 5.74) is 5.74. The van der Waals surface area contributed by atoms with Gasteiger partial charge in [-0.1, -0.05) is 0 Å². The van der Waals surface area contributed by atoms with Crippen molar-refractivity contribution >= 4 is 32.1 Å². The van der Waals surface area contributed by atoms with Gasteiger partial charge in [0.2, 0.25) is 0 Å². The lowest BCUT2D eigenvalue weighted by Gasteiger charge is -2.21. The van der Waals surface area contributed by atoms with E-state index in [2.05, 4.69) is 4.98 Å². The zero-order chi connectivity index (χ0) is 13.6. The van der Waals surface area contributed by atoms with Crippen LogP contribution in [-0.2, 0) is 10.0 Å². The highest BCUT2D eigenvalue weighted by Crippen LogP contribution is 2.30. The molecule has 0 bridgehead atoms. The second-order valence-electron chi connectivity index (χ2n) is 4.45. The van der Waals surface area contributed by atoms with Crippen molar-refractivity contribution in [1.82, 2.24) is 13.7 Å². The number of imidazole rings is 1. The number of anilines is 1. The van der Waals surface area contributed by atoms with Gasteiger partial charge in [0.05, 0.1) is 6.61 Å². The topological polar surface area (TPSA) is 101 Å². The van der Waals surface area contributed by atoms with Crippen LogP contribution < -0.4 is 5.73 Å². The van der Waals surface area contributed by atoms with Crippen molar-refractivity contribution in [2.45, 2.75) is 23.9 Å². The van der Waals surface area contributed by atoms with E-state index >= 15 is 0 Å². The van der Waals surface area contributed by atoms with E-state index in [1.807, 2.05) is 0 Å². The van der Waals surface area contributed by atoms with Crippen LogP contribution in [-0.4, -0.2) is 46.4 Å². The summed E-state index contributed by atoms with van der Waals surface area (Å²) in [4.78, 5) is 4.60. The maximum Gasteiger partial charge on any atom is 0.263 e. The van der Waals surface area contributed by atoms with Gasteiger partial charge in [-0.3, -0.25) is 4.40 Å². The van der Waals surface area contributed by atoms with Crippen LogP contribution in [0.3, 0.4) is 0 Å². The standard InChI is InChI=1S/C10H14N4O3S2/c11-8-9(13-4-5-18-10(13)12-8)19(16,17)14-3-1-2-7(14)6-15/h4-5,7,15H,1-3,6,11H2. The van der Waals surface area contributed by atoms with Crippen molar-refractivity contribution in [2.75, 3.05) is 18.9 Å². The quantitative estimate of drug-likeness (QED) is 0.839. The van der Waals surface area contributed by atoms with Crippen LogP contribution in [0.15, 0.2) is 16.6 Å². The predicted molar refractivity (Wildman–Crippen MR) is 71.5 cm³/mol. The highest BCUT2D eigenvalue weighted by molar-refractivity contribution is 7.89. The van der Waals surface area contributed by atoms with Gasteiger partial charge in [0.15, 0.2) is 15.8 Å². The zero-order valence-electron chi connectivity index (χ0n) is 10.1. The molecular weight excluding hydrogens is 288 g/mol. The molecule has 1 atom stereocenters. The highest BCUT2D eigenvalue weighted by atomic mass is 32.2. The molecule has 1 unspecified atom stereocenters. The maximum absolute atomic E-state index is 12.7. The van der Waals surface area contributed by atoms with Gasteiger partial charge in [-0.15, -0.1) is 11.3 Å². The number of aliphatic hydroxyl groups excluding tert-OH is 1. The molecule has 3 heterocycles. The molecule has 7 nitrogen and oxygen atoms in total. The number of nitrogen functional groups attached to an aromatic ring is 1. The first kappa shape index (κ1) is 12.9. The SMILES string of the molecule is Nc1nc2sccn2c1S(=O)(=O)N1CCCC1CO. The second-order valence-corrected chi connectivity index (χ2v) is 7.13. The van der Waals surface area contributed by atoms with Crippen LogP contribution in [0.4, 0.5) is 5.82 Å². The van der Waals surface area contributed by atoms with E-state index in [-0.39, 0.29) is 23.5 Å². The van der Waals surface area contributed by atoms with Crippen molar-refractivity contribution in [2.24, 2.45) is 0 Å². The molecule has 3 N–H and O–H groups in total. The van der Waals surface area contributed by atoms with Crippen LogP contribution >= 0.6 is 11.3 Å². The predicted octanol–water partition coefficient (Wildman–Crippen LogP) is 0.123. The molecule has 1 aliphatic heterocycles. The van der Waals surface area contributed by atoms with E-state index in [0.717, 1.165) is 6.42 Å². The van der Waals surface area contributed by atoms with Crippen LogP contribution in [0.25, 0.3) is 4.96 Å². The Bertz CT molecular complexity index is 705. The van der Waals surface area contributed by atoms with E-state index in [1.165, 1.54) is 20.0 Å². The van der Waals surface area contributed by atoms with Gasteiger partial charge in [-0.2, -0.15) is 4.31 Å². The van der Waals surface area contributed by atoms with Gasteiger partial charge in [0.1, 0.15) is 0 Å². The third kappa shape index (κ3) is 1.84. The molecule has 0 aromatic carbocycles. The number of fused-ring (bicyclic) bond motifs is 1. The third-order valence-corrected chi connectivity index (χ3v) is 6.08. The number of rotatable bonds is 3. The summed E-state index contributed by atoms with van der Waals surface area (Å²) in [6, 6.07) is -0.367. The largest absolute Gasteiger partial charge is 0.395 e. The van der Waals surface area contributed by atoms with Gasteiger partial charge in [0, 0.05) is 24.2 Å². The fourth-order valence-electron chi connectivity index (χ4n) is 2.46. The lowest BCUT2D eigenvalue weighted by atomic mass is 10.2. The summed E-state index contributed by atoms with van der Waals surface area (Å²) in [7, 11) is -3.73. The lowest BCUT2D eigenvalue weighted by Crippen LogP contribution is -2.38. The number of hydrogen-bond acceptors (Lipinski definition) is 6. The van der Waals surface area contributed by atoms with Crippen molar-refractivity contribution in [3.8, 4) is 0 Å². The summed E-state index contributed by atoms with van der Waals surface area (Å²) < 4.78 is 28.2.